The van der Waals surface area contributed by atoms with Crippen molar-refractivity contribution in [2.75, 3.05) is 0 Å². The van der Waals surface area contributed by atoms with E-state index in [0.29, 0.717) is 0 Å². The maximum atomic E-state index is 13.1. The van der Waals surface area contributed by atoms with Crippen molar-refractivity contribution in [3.05, 3.63) is 65.2 Å². The Balaban J connectivity index is 2.40. The largest absolute Gasteiger partial charge is 0.319 e. The lowest BCUT2D eigenvalue weighted by molar-refractivity contribution is 0.623. The Labute approximate surface area is 100 Å². The first kappa shape index (κ1) is 11.7. The van der Waals surface area contributed by atoms with Crippen molar-refractivity contribution >= 4 is 0 Å². The number of nitrogens with zero attached hydrogens (tertiary/aromatic N) is 1. The van der Waals surface area contributed by atoms with E-state index >= 15 is 0 Å². The second-order valence-electron chi connectivity index (χ2n) is 3.93. The van der Waals surface area contributed by atoms with Crippen LogP contribution in [0.1, 0.15) is 29.8 Å². The molecule has 0 bridgehead atoms. The average molecular weight is 230 g/mol. The van der Waals surface area contributed by atoms with E-state index in [0.717, 1.165) is 23.2 Å². The van der Waals surface area contributed by atoms with Crippen LogP contribution in [0.2, 0.25) is 0 Å². The Morgan fingerprint density at radius 3 is 2.82 bits per heavy atom. The molecule has 0 radical (unpaired) electrons. The minimum atomic E-state index is -0.373. The van der Waals surface area contributed by atoms with Gasteiger partial charge >= 0.3 is 0 Å². The fraction of sp³-hybridized carbons (Fsp3) is 0.214. The van der Waals surface area contributed by atoms with E-state index in [2.05, 4.69) is 11.9 Å². The molecule has 1 heterocycles. The van der Waals surface area contributed by atoms with E-state index in [9.17, 15) is 4.39 Å². The van der Waals surface area contributed by atoms with E-state index in [1.54, 1.807) is 12.3 Å². The molecule has 0 saturated heterocycles. The fourth-order valence-corrected chi connectivity index (χ4v) is 1.89. The molecule has 2 nitrogen and oxygen atoms in total. The van der Waals surface area contributed by atoms with Gasteiger partial charge in [0.05, 0.1) is 11.7 Å². The van der Waals surface area contributed by atoms with Gasteiger partial charge in [0.2, 0.25) is 0 Å². The van der Waals surface area contributed by atoms with Gasteiger partial charge in [-0.15, -0.1) is 0 Å². The van der Waals surface area contributed by atoms with Crippen molar-refractivity contribution in [2.24, 2.45) is 5.73 Å². The van der Waals surface area contributed by atoms with Crippen LogP contribution in [0, 0.1) is 5.82 Å². The third-order valence-electron chi connectivity index (χ3n) is 2.81. The van der Waals surface area contributed by atoms with Crippen LogP contribution < -0.4 is 5.73 Å². The summed E-state index contributed by atoms with van der Waals surface area (Å²) >= 11 is 0. The number of halogens is 1. The lowest BCUT2D eigenvalue weighted by atomic mass is 9.99. The normalized spacial score (nSPS) is 12.4. The van der Waals surface area contributed by atoms with Gasteiger partial charge in [-0.1, -0.05) is 25.1 Å². The molecule has 0 aliphatic rings. The van der Waals surface area contributed by atoms with Crippen LogP contribution in [-0.4, -0.2) is 4.98 Å². The first-order chi connectivity index (χ1) is 8.22. The third kappa shape index (κ3) is 2.50. The summed E-state index contributed by atoms with van der Waals surface area (Å²) in [6.45, 7) is 2.05. The SMILES string of the molecule is CCc1cccnc1C(N)c1cccc(F)c1. The van der Waals surface area contributed by atoms with Crippen molar-refractivity contribution in [1.29, 1.82) is 0 Å². The van der Waals surface area contributed by atoms with Crippen molar-refractivity contribution in [2.45, 2.75) is 19.4 Å². The zero-order valence-electron chi connectivity index (χ0n) is 9.73. The van der Waals surface area contributed by atoms with Crippen LogP contribution in [0.5, 0.6) is 0 Å². The Morgan fingerprint density at radius 2 is 2.12 bits per heavy atom. The number of pyridine rings is 1. The molecule has 2 aromatic rings. The van der Waals surface area contributed by atoms with Crippen LogP contribution in [0.25, 0.3) is 0 Å². The minimum Gasteiger partial charge on any atom is -0.319 e. The summed E-state index contributed by atoms with van der Waals surface area (Å²) in [4.78, 5) is 4.31. The number of rotatable bonds is 3. The van der Waals surface area contributed by atoms with Crippen LogP contribution >= 0.6 is 0 Å². The molecule has 2 rings (SSSR count). The molecule has 17 heavy (non-hydrogen) atoms. The molecule has 0 saturated carbocycles. The Morgan fingerprint density at radius 1 is 1.29 bits per heavy atom. The first-order valence-corrected chi connectivity index (χ1v) is 5.67. The van der Waals surface area contributed by atoms with E-state index in [1.807, 2.05) is 18.2 Å². The highest BCUT2D eigenvalue weighted by Crippen LogP contribution is 2.21. The maximum Gasteiger partial charge on any atom is 0.123 e. The highest BCUT2D eigenvalue weighted by atomic mass is 19.1. The second kappa shape index (κ2) is 5.06. The zero-order valence-corrected chi connectivity index (χ0v) is 9.73. The van der Waals surface area contributed by atoms with Gasteiger partial charge in [0.25, 0.3) is 0 Å². The van der Waals surface area contributed by atoms with Crippen molar-refractivity contribution in [3.63, 3.8) is 0 Å². The summed E-state index contributed by atoms with van der Waals surface area (Å²) in [5, 5.41) is 0. The monoisotopic (exact) mass is 230 g/mol. The molecule has 2 N–H and O–H groups in total. The molecule has 88 valence electrons. The Bertz CT molecular complexity index is 511. The molecule has 1 unspecified atom stereocenters. The highest BCUT2D eigenvalue weighted by Gasteiger charge is 2.13. The van der Waals surface area contributed by atoms with Gasteiger partial charge in [-0.3, -0.25) is 4.98 Å². The lowest BCUT2D eigenvalue weighted by Crippen LogP contribution is -2.15. The molecule has 1 aromatic carbocycles. The van der Waals surface area contributed by atoms with Crippen LogP contribution in [0.3, 0.4) is 0 Å². The molecule has 0 spiro atoms. The van der Waals surface area contributed by atoms with E-state index in [-0.39, 0.29) is 11.9 Å². The summed E-state index contributed by atoms with van der Waals surface area (Å²) < 4.78 is 13.1. The van der Waals surface area contributed by atoms with Crippen molar-refractivity contribution < 1.29 is 4.39 Å². The topological polar surface area (TPSA) is 38.9 Å². The number of nitrogens with two attached hydrogens (primary N) is 1. The zero-order chi connectivity index (χ0) is 12.3. The molecule has 0 amide bonds. The summed E-state index contributed by atoms with van der Waals surface area (Å²) in [5.41, 5.74) is 8.80. The quantitative estimate of drug-likeness (QED) is 0.880. The summed E-state index contributed by atoms with van der Waals surface area (Å²) in [5.74, 6) is -0.271. The van der Waals surface area contributed by atoms with E-state index in [1.165, 1.54) is 12.1 Å². The van der Waals surface area contributed by atoms with Gasteiger partial charge in [-0.25, -0.2) is 4.39 Å². The maximum absolute atomic E-state index is 13.1. The van der Waals surface area contributed by atoms with Crippen LogP contribution in [0.4, 0.5) is 4.39 Å². The fourth-order valence-electron chi connectivity index (χ4n) is 1.89. The number of hydrogen-bond acceptors (Lipinski definition) is 2. The van der Waals surface area contributed by atoms with E-state index in [4.69, 9.17) is 5.73 Å². The average Bonchev–Trinajstić information content (AvgIpc) is 2.38. The van der Waals surface area contributed by atoms with Gasteiger partial charge in [0.15, 0.2) is 0 Å². The molecule has 0 aliphatic carbocycles. The Kier molecular flexibility index (Phi) is 3.49. The summed E-state index contributed by atoms with van der Waals surface area (Å²) in [6, 6.07) is 9.87. The molecule has 1 aromatic heterocycles. The van der Waals surface area contributed by atoms with Crippen LogP contribution in [0.15, 0.2) is 42.6 Å². The molecule has 0 fully saturated rings. The van der Waals surface area contributed by atoms with Crippen LogP contribution in [-0.2, 0) is 6.42 Å². The predicted octanol–water partition coefficient (Wildman–Crippen LogP) is 2.83. The number of benzene rings is 1. The number of aromatic nitrogens is 1. The molecule has 3 heteroatoms. The minimum absolute atomic E-state index is 0.271. The van der Waals surface area contributed by atoms with Crippen molar-refractivity contribution in [1.82, 2.24) is 4.98 Å². The third-order valence-corrected chi connectivity index (χ3v) is 2.81. The second-order valence-corrected chi connectivity index (χ2v) is 3.93. The van der Waals surface area contributed by atoms with Gasteiger partial charge in [-0.05, 0) is 35.7 Å². The van der Waals surface area contributed by atoms with Gasteiger partial charge in [0, 0.05) is 6.20 Å². The molecular weight excluding hydrogens is 215 g/mol. The Hall–Kier alpha value is -1.74. The van der Waals surface area contributed by atoms with E-state index < -0.39 is 0 Å². The van der Waals surface area contributed by atoms with Gasteiger partial charge in [0.1, 0.15) is 5.82 Å². The molecule has 0 aliphatic heterocycles. The van der Waals surface area contributed by atoms with Crippen molar-refractivity contribution in [3.8, 4) is 0 Å². The van der Waals surface area contributed by atoms with Gasteiger partial charge in [-0.2, -0.15) is 0 Å². The molecular formula is C14H15FN2. The summed E-state index contributed by atoms with van der Waals surface area (Å²) in [7, 11) is 0. The smallest absolute Gasteiger partial charge is 0.123 e. The van der Waals surface area contributed by atoms with Gasteiger partial charge < -0.3 is 5.73 Å². The highest BCUT2D eigenvalue weighted by molar-refractivity contribution is 5.32. The predicted molar refractivity (Wildman–Crippen MR) is 66.0 cm³/mol. The standard InChI is InChI=1S/C14H15FN2/c1-2-10-6-4-8-17-14(10)13(16)11-5-3-7-12(15)9-11/h3-9,13H,2,16H2,1H3. The summed E-state index contributed by atoms with van der Waals surface area (Å²) in [6.07, 6.45) is 2.58. The lowest BCUT2D eigenvalue weighted by Gasteiger charge is -2.14. The first-order valence-electron chi connectivity index (χ1n) is 5.67. The number of hydrogen-bond donors (Lipinski definition) is 1. The molecule has 1 atom stereocenters. The number of aryl methyl sites for hydroxylation is 1.